The van der Waals surface area contributed by atoms with Crippen molar-refractivity contribution in [2.75, 3.05) is 7.05 Å². The number of rotatable bonds is 5. The van der Waals surface area contributed by atoms with Crippen LogP contribution in [0.1, 0.15) is 36.5 Å². The van der Waals surface area contributed by atoms with Gasteiger partial charge in [0, 0.05) is 24.5 Å². The molecule has 0 saturated carbocycles. The molecule has 0 radical (unpaired) electrons. The summed E-state index contributed by atoms with van der Waals surface area (Å²) in [5.41, 5.74) is 1.15. The summed E-state index contributed by atoms with van der Waals surface area (Å²) in [6, 6.07) is 4.40. The molecule has 0 amide bonds. The van der Waals surface area contributed by atoms with E-state index in [1.807, 2.05) is 0 Å². The maximum Gasteiger partial charge on any atom is 0.393 e. The van der Waals surface area contributed by atoms with Gasteiger partial charge in [-0.05, 0) is 48.6 Å². The van der Waals surface area contributed by atoms with Crippen LogP contribution in [0.2, 0.25) is 0 Å². The lowest BCUT2D eigenvalue weighted by atomic mass is 9.99. The Morgan fingerprint density at radius 3 is 2.44 bits per heavy atom. The van der Waals surface area contributed by atoms with E-state index in [1.165, 1.54) is 36.2 Å². The molecule has 1 aliphatic heterocycles. The number of allylic oxidation sites excluding steroid dienone is 4. The summed E-state index contributed by atoms with van der Waals surface area (Å²) < 4.78 is 66.8. The van der Waals surface area contributed by atoms with Gasteiger partial charge >= 0.3 is 6.18 Å². The van der Waals surface area contributed by atoms with Crippen molar-refractivity contribution in [1.29, 1.82) is 0 Å². The molecule has 0 unspecified atom stereocenters. The smallest absolute Gasteiger partial charge is 0.392 e. The van der Waals surface area contributed by atoms with Crippen molar-refractivity contribution >= 4 is 5.70 Å². The summed E-state index contributed by atoms with van der Waals surface area (Å²) in [5, 5.41) is 9.30. The monoisotopic (exact) mass is 387 g/mol. The molecule has 2 rings (SSSR count). The van der Waals surface area contributed by atoms with Crippen LogP contribution >= 0.6 is 0 Å². The Bertz CT molecular complexity index is 762. The Morgan fingerprint density at radius 2 is 1.85 bits per heavy atom. The Balaban J connectivity index is 2.39. The van der Waals surface area contributed by atoms with Gasteiger partial charge in [0.05, 0.1) is 13.0 Å². The molecule has 7 heteroatoms. The first-order valence-electron chi connectivity index (χ1n) is 8.53. The number of hydrogen-bond acceptors (Lipinski definition) is 2. The van der Waals surface area contributed by atoms with E-state index in [2.05, 4.69) is 0 Å². The fourth-order valence-corrected chi connectivity index (χ4v) is 3.09. The summed E-state index contributed by atoms with van der Waals surface area (Å²) >= 11 is 0. The molecule has 27 heavy (non-hydrogen) atoms. The third-order valence-corrected chi connectivity index (χ3v) is 4.35. The second-order valence-electron chi connectivity index (χ2n) is 6.45. The van der Waals surface area contributed by atoms with Crippen molar-refractivity contribution in [2.24, 2.45) is 0 Å². The van der Waals surface area contributed by atoms with Gasteiger partial charge in [-0.2, -0.15) is 22.0 Å². The van der Waals surface area contributed by atoms with Gasteiger partial charge in [-0.3, -0.25) is 0 Å². The number of halogens is 5. The maximum absolute atomic E-state index is 14.2. The third-order valence-electron chi connectivity index (χ3n) is 4.35. The largest absolute Gasteiger partial charge is 0.393 e. The SMILES string of the molecule is C/C=C/C(F)(F)C1=CN(C)C(c2ccc(CO)c(CC(F)(F)F)c2)=CCC1. The highest BCUT2D eigenvalue weighted by Crippen LogP contribution is 2.35. The molecule has 0 saturated heterocycles. The minimum absolute atomic E-state index is 0.0236. The highest BCUT2D eigenvalue weighted by Gasteiger charge is 2.32. The predicted octanol–water partition coefficient (Wildman–Crippen LogP) is 5.45. The lowest BCUT2D eigenvalue weighted by Gasteiger charge is -2.22. The van der Waals surface area contributed by atoms with Crippen LogP contribution in [0, 0.1) is 0 Å². The van der Waals surface area contributed by atoms with E-state index in [9.17, 15) is 27.1 Å². The van der Waals surface area contributed by atoms with Crippen LogP contribution in [0.25, 0.3) is 5.70 Å². The van der Waals surface area contributed by atoms with E-state index in [0.29, 0.717) is 17.7 Å². The summed E-state index contributed by atoms with van der Waals surface area (Å²) in [7, 11) is 1.59. The Morgan fingerprint density at radius 1 is 1.15 bits per heavy atom. The van der Waals surface area contributed by atoms with E-state index >= 15 is 0 Å². The molecule has 1 heterocycles. The summed E-state index contributed by atoms with van der Waals surface area (Å²) in [5.74, 6) is -3.07. The van der Waals surface area contributed by atoms with Crippen molar-refractivity contribution in [3.8, 4) is 0 Å². The fourth-order valence-electron chi connectivity index (χ4n) is 3.09. The van der Waals surface area contributed by atoms with Crippen LogP contribution in [0.4, 0.5) is 22.0 Å². The van der Waals surface area contributed by atoms with Gasteiger partial charge in [-0.1, -0.05) is 24.3 Å². The maximum atomic E-state index is 14.2. The Labute approximate surface area is 155 Å². The van der Waals surface area contributed by atoms with Gasteiger partial charge in [0.2, 0.25) is 0 Å². The van der Waals surface area contributed by atoms with Crippen molar-refractivity contribution in [3.05, 3.63) is 64.9 Å². The minimum atomic E-state index is -4.41. The van der Waals surface area contributed by atoms with Gasteiger partial charge in [-0.15, -0.1) is 0 Å². The van der Waals surface area contributed by atoms with Crippen molar-refractivity contribution in [2.45, 2.75) is 44.9 Å². The molecule has 0 aromatic heterocycles. The molecular formula is C20H22F5NO. The summed E-state index contributed by atoms with van der Waals surface area (Å²) in [4.78, 5) is 1.51. The average molecular weight is 387 g/mol. The highest BCUT2D eigenvalue weighted by atomic mass is 19.4. The molecule has 0 aliphatic carbocycles. The van der Waals surface area contributed by atoms with E-state index in [0.717, 1.165) is 6.08 Å². The Hall–Kier alpha value is -2.15. The molecule has 1 N–H and O–H groups in total. The van der Waals surface area contributed by atoms with Crippen molar-refractivity contribution in [1.82, 2.24) is 4.90 Å². The van der Waals surface area contributed by atoms with Crippen LogP contribution in [-0.2, 0) is 13.0 Å². The molecular weight excluding hydrogens is 365 g/mol. The van der Waals surface area contributed by atoms with Gasteiger partial charge in [0.15, 0.2) is 0 Å². The first-order valence-corrected chi connectivity index (χ1v) is 8.53. The van der Waals surface area contributed by atoms with E-state index < -0.39 is 25.1 Å². The molecule has 0 spiro atoms. The van der Waals surface area contributed by atoms with Gasteiger partial charge in [-0.25, -0.2) is 0 Å². The topological polar surface area (TPSA) is 23.5 Å². The predicted molar refractivity (Wildman–Crippen MR) is 94.9 cm³/mol. The molecule has 0 fully saturated rings. The minimum Gasteiger partial charge on any atom is -0.392 e. The van der Waals surface area contributed by atoms with Crippen LogP contribution in [-0.4, -0.2) is 29.2 Å². The zero-order valence-electron chi connectivity index (χ0n) is 15.2. The number of hydrogen-bond donors (Lipinski definition) is 1. The van der Waals surface area contributed by atoms with Gasteiger partial charge < -0.3 is 10.0 Å². The number of nitrogens with zero attached hydrogens (tertiary/aromatic N) is 1. The number of benzene rings is 1. The number of alkyl halides is 5. The van der Waals surface area contributed by atoms with Crippen LogP contribution in [0.5, 0.6) is 0 Å². The second-order valence-corrected chi connectivity index (χ2v) is 6.45. The second kappa shape index (κ2) is 8.25. The van der Waals surface area contributed by atoms with Crippen LogP contribution in [0.15, 0.2) is 48.2 Å². The van der Waals surface area contributed by atoms with E-state index in [-0.39, 0.29) is 23.1 Å². The number of aliphatic hydroxyl groups excluding tert-OH is 1. The number of aliphatic hydroxyl groups is 1. The Kier molecular flexibility index (Phi) is 6.46. The van der Waals surface area contributed by atoms with E-state index in [1.54, 1.807) is 19.2 Å². The normalized spacial score (nSPS) is 16.4. The first kappa shape index (κ1) is 21.2. The third kappa shape index (κ3) is 5.42. The zero-order chi connectivity index (χ0) is 20.2. The molecule has 1 aromatic carbocycles. The molecule has 148 valence electrons. The highest BCUT2D eigenvalue weighted by molar-refractivity contribution is 5.66. The van der Waals surface area contributed by atoms with Crippen LogP contribution < -0.4 is 0 Å². The van der Waals surface area contributed by atoms with Crippen molar-refractivity contribution < 1.29 is 27.1 Å². The summed E-state index contributed by atoms with van der Waals surface area (Å²) in [6.07, 6.45) is 0.113. The standard InChI is InChI=1S/C20H22F5NO/c1-3-9-19(21,22)17-5-4-6-18(26(2)12-17)14-7-8-15(13-27)16(10-14)11-20(23,24)25/h3,6-10,12,27H,4-5,11,13H2,1-2H3/b9-3+. The summed E-state index contributed by atoms with van der Waals surface area (Å²) in [6.45, 7) is 1.02. The first-order chi connectivity index (χ1) is 12.6. The van der Waals surface area contributed by atoms with Gasteiger partial charge in [0.25, 0.3) is 5.92 Å². The quantitative estimate of drug-likeness (QED) is 0.537. The molecule has 0 bridgehead atoms. The molecule has 1 aromatic rings. The van der Waals surface area contributed by atoms with E-state index in [4.69, 9.17) is 0 Å². The molecule has 0 atom stereocenters. The average Bonchev–Trinajstić information content (AvgIpc) is 2.75. The lowest BCUT2D eigenvalue weighted by Crippen LogP contribution is -2.19. The molecule has 2 nitrogen and oxygen atoms in total. The van der Waals surface area contributed by atoms with Crippen LogP contribution in [0.3, 0.4) is 0 Å². The van der Waals surface area contributed by atoms with Crippen molar-refractivity contribution in [3.63, 3.8) is 0 Å². The molecule has 1 aliphatic rings. The fraction of sp³-hybridized carbons (Fsp3) is 0.400. The van der Waals surface area contributed by atoms with Gasteiger partial charge in [0.1, 0.15) is 0 Å². The zero-order valence-corrected chi connectivity index (χ0v) is 15.2. The lowest BCUT2D eigenvalue weighted by molar-refractivity contribution is -0.127.